The third-order valence-electron chi connectivity index (χ3n) is 13.7. The number of carbonyl (C=O) groups excluding carboxylic acids is 4. The maximum absolute atomic E-state index is 14.0. The molecule has 1 saturated heterocycles. The second kappa shape index (κ2) is 28.3. The predicted molar refractivity (Wildman–Crippen MR) is 294 cm³/mol. The molecule has 1 unspecified atom stereocenters. The average molecular weight is 1060 g/mol. The number of hydrogen-bond donors (Lipinski definition) is 3. The van der Waals surface area contributed by atoms with Crippen molar-refractivity contribution >= 4 is 40.5 Å². The summed E-state index contributed by atoms with van der Waals surface area (Å²) in [4.78, 5) is 69.0. The minimum absolute atomic E-state index is 0.0104. The molecule has 3 atom stereocenters. The van der Waals surface area contributed by atoms with Crippen LogP contribution in [0.3, 0.4) is 0 Å². The Labute approximate surface area is 451 Å². The zero-order chi connectivity index (χ0) is 53.9. The second-order valence-electron chi connectivity index (χ2n) is 20.4. The number of Topliss-reactive ketones (excluding diaryl/α,β-unsaturated/α-hetero) is 1. The number of amides is 3. The van der Waals surface area contributed by atoms with Crippen molar-refractivity contribution in [3.63, 3.8) is 0 Å². The van der Waals surface area contributed by atoms with Gasteiger partial charge in [0.1, 0.15) is 30.4 Å². The zero-order valence-electron chi connectivity index (χ0n) is 44.9. The molecule has 3 aromatic carbocycles. The quantitative estimate of drug-likeness (QED) is 0.0375. The average Bonchev–Trinajstić information content (AvgIpc) is 4.19. The maximum atomic E-state index is 14.0. The van der Waals surface area contributed by atoms with Gasteiger partial charge in [-0.05, 0) is 124 Å². The maximum Gasteiger partial charge on any atom is 0.251 e. The Balaban J connectivity index is 0.708. The molecule has 76 heavy (non-hydrogen) atoms. The number of aromatic nitrogens is 6. The van der Waals surface area contributed by atoms with Gasteiger partial charge >= 0.3 is 0 Å². The van der Waals surface area contributed by atoms with E-state index in [1.807, 2.05) is 85.6 Å². The fraction of sp³-hybridized carbons (Fsp3) is 0.466. The molecule has 1 aliphatic rings. The molecule has 6 aromatic rings. The monoisotopic (exact) mass is 1050 g/mol. The third kappa shape index (κ3) is 16.6. The van der Waals surface area contributed by atoms with Crippen LogP contribution < -0.4 is 20.7 Å². The van der Waals surface area contributed by atoms with Crippen molar-refractivity contribution in [2.24, 2.45) is 18.4 Å². The normalized spacial score (nSPS) is 14.3. The summed E-state index contributed by atoms with van der Waals surface area (Å²) in [7, 11) is 1.88. The molecule has 17 nitrogen and oxygen atoms in total. The van der Waals surface area contributed by atoms with Crippen LogP contribution in [0.4, 0.5) is 5.69 Å². The Morgan fingerprint density at radius 2 is 1.64 bits per heavy atom. The van der Waals surface area contributed by atoms with Crippen LogP contribution in [0, 0.1) is 18.3 Å². The summed E-state index contributed by atoms with van der Waals surface area (Å²) < 4.78 is 19.4. The van der Waals surface area contributed by atoms with Gasteiger partial charge in [0, 0.05) is 69.7 Å². The Bertz CT molecular complexity index is 2810. The Hall–Kier alpha value is -6.89. The lowest BCUT2D eigenvalue weighted by molar-refractivity contribution is -0.145. The second-order valence-corrected chi connectivity index (χ2v) is 21.3. The Kier molecular flexibility index (Phi) is 21.2. The van der Waals surface area contributed by atoms with E-state index in [4.69, 9.17) is 14.2 Å². The van der Waals surface area contributed by atoms with E-state index in [1.165, 1.54) is 6.33 Å². The number of likely N-dealkylation sites (tertiary alicyclic amines) is 1. The molecular weight excluding hydrogens is 981 g/mol. The summed E-state index contributed by atoms with van der Waals surface area (Å²) >= 11 is 1.61. The van der Waals surface area contributed by atoms with Crippen molar-refractivity contribution in [3.05, 3.63) is 125 Å². The van der Waals surface area contributed by atoms with Gasteiger partial charge in [-0.3, -0.25) is 19.2 Å². The van der Waals surface area contributed by atoms with E-state index in [-0.39, 0.29) is 47.5 Å². The number of aryl methyl sites for hydroxylation is 1. The van der Waals surface area contributed by atoms with Gasteiger partial charge in [0.15, 0.2) is 17.4 Å². The highest BCUT2D eigenvalue weighted by Gasteiger charge is 2.40. The summed E-state index contributed by atoms with van der Waals surface area (Å²) in [5.74, 6) is 1.49. The molecule has 3 N–H and O–H groups in total. The summed E-state index contributed by atoms with van der Waals surface area (Å²) in [6.07, 6.45) is 9.47. The first-order chi connectivity index (χ1) is 36.7. The van der Waals surface area contributed by atoms with Crippen molar-refractivity contribution in [1.29, 1.82) is 0 Å². The smallest absolute Gasteiger partial charge is 0.251 e. The Morgan fingerprint density at radius 1 is 0.855 bits per heavy atom. The van der Waals surface area contributed by atoms with E-state index < -0.39 is 6.04 Å². The predicted octanol–water partition coefficient (Wildman–Crippen LogP) is 9.49. The molecule has 18 heteroatoms. The first-order valence-corrected chi connectivity index (χ1v) is 27.4. The minimum atomic E-state index is -0.497. The van der Waals surface area contributed by atoms with Crippen LogP contribution in [-0.2, 0) is 44.0 Å². The topological polar surface area (TPSA) is 205 Å². The van der Waals surface area contributed by atoms with Gasteiger partial charge in [0.25, 0.3) is 5.91 Å². The summed E-state index contributed by atoms with van der Waals surface area (Å²) in [5.41, 5.74) is 7.56. The number of ether oxygens (including phenoxy) is 3. The SMILES string of the molecule is Cc1ncsc1-c1ccc(CNC(=O)[C@@H]2CCCN2C(=O)C(CCCC(=O)COCCCOCCCCCOc2cccc([C@H](C)NC(=O)c3cccc(NCc4nnc(-c5ccncn5)n4C)c3)c2)C(C)(C)C)cc1. The molecule has 0 spiro atoms. The van der Waals surface area contributed by atoms with E-state index in [2.05, 4.69) is 74.0 Å². The van der Waals surface area contributed by atoms with Gasteiger partial charge in [-0.1, -0.05) is 63.2 Å². The molecule has 404 valence electrons. The molecule has 3 aromatic heterocycles. The lowest BCUT2D eigenvalue weighted by atomic mass is 9.76. The molecule has 0 radical (unpaired) electrons. The van der Waals surface area contributed by atoms with Gasteiger partial charge < -0.3 is 39.6 Å². The number of unbranched alkanes of at least 4 members (excludes halogenated alkanes) is 2. The molecule has 0 saturated carbocycles. The molecule has 4 heterocycles. The molecule has 1 fully saturated rings. The van der Waals surface area contributed by atoms with Crippen LogP contribution >= 0.6 is 11.3 Å². The standard InChI is InChI=1S/C58H74N10O7S/c1-40(64-55(70)45-16-10-17-46(33-45)60-36-52-65-66-54(67(52)6)50-26-27-59-38-62-50)44-15-11-19-48(34-44)75-32-9-7-8-29-73-30-14-31-74-37-47(69)18-12-20-49(58(3,4)5)57(72)68-28-13-21-51(68)56(71)61-35-42-22-24-43(25-23-42)53-41(2)63-39-76-53/h10-11,15-17,19,22-27,33-34,38-40,49,51,60H,7-9,12-14,18,20-21,28-32,35-37H2,1-6H3,(H,61,71)(H,64,70)/t40-,49?,51-/m0/s1. The van der Waals surface area contributed by atoms with Crippen LogP contribution in [0.25, 0.3) is 22.0 Å². The molecule has 1 aliphatic heterocycles. The summed E-state index contributed by atoms with van der Waals surface area (Å²) in [5, 5.41) is 18.1. The van der Waals surface area contributed by atoms with Crippen molar-refractivity contribution in [2.45, 2.75) is 118 Å². The van der Waals surface area contributed by atoms with Crippen molar-refractivity contribution in [1.82, 2.24) is 45.2 Å². The number of nitrogens with zero attached hydrogens (tertiary/aromatic N) is 7. The number of thiazole rings is 1. The lowest BCUT2D eigenvalue weighted by Crippen LogP contribution is -2.49. The molecule has 7 rings (SSSR count). The zero-order valence-corrected chi connectivity index (χ0v) is 45.7. The van der Waals surface area contributed by atoms with Crippen LogP contribution in [0.5, 0.6) is 5.75 Å². The first-order valence-electron chi connectivity index (χ1n) is 26.5. The van der Waals surface area contributed by atoms with Crippen LogP contribution in [0.1, 0.15) is 125 Å². The molecule has 0 bridgehead atoms. The number of rotatable bonds is 29. The van der Waals surface area contributed by atoms with Crippen molar-refractivity contribution in [2.75, 3.05) is 44.9 Å². The summed E-state index contributed by atoms with van der Waals surface area (Å²) in [6.45, 7) is 13.7. The highest BCUT2D eigenvalue weighted by molar-refractivity contribution is 7.13. The lowest BCUT2D eigenvalue weighted by Gasteiger charge is -2.35. The van der Waals surface area contributed by atoms with Gasteiger partial charge in [-0.2, -0.15) is 0 Å². The fourth-order valence-electron chi connectivity index (χ4n) is 9.24. The highest BCUT2D eigenvalue weighted by atomic mass is 32.1. The number of nitrogens with one attached hydrogen (secondary N) is 3. The molecule has 0 aliphatic carbocycles. The number of ketones is 1. The van der Waals surface area contributed by atoms with Gasteiger partial charge in [-0.15, -0.1) is 21.5 Å². The molecule has 3 amide bonds. The fourth-order valence-corrected chi connectivity index (χ4v) is 10.1. The number of hydrogen-bond acceptors (Lipinski definition) is 14. The number of anilines is 1. The van der Waals surface area contributed by atoms with Gasteiger partial charge in [0.2, 0.25) is 11.8 Å². The van der Waals surface area contributed by atoms with Gasteiger partial charge in [-0.25, -0.2) is 15.0 Å². The Morgan fingerprint density at radius 3 is 2.42 bits per heavy atom. The minimum Gasteiger partial charge on any atom is -0.494 e. The summed E-state index contributed by atoms with van der Waals surface area (Å²) in [6, 6.07) is 24.3. The van der Waals surface area contributed by atoms with E-state index in [1.54, 1.807) is 34.6 Å². The third-order valence-corrected chi connectivity index (χ3v) is 14.6. The molecular formula is C58H74N10O7S. The van der Waals surface area contributed by atoms with Gasteiger partial charge in [0.05, 0.1) is 35.3 Å². The van der Waals surface area contributed by atoms with E-state index >= 15 is 0 Å². The van der Waals surface area contributed by atoms with Crippen LogP contribution in [0.2, 0.25) is 0 Å². The van der Waals surface area contributed by atoms with Crippen LogP contribution in [0.15, 0.2) is 96.9 Å². The van der Waals surface area contributed by atoms with E-state index in [9.17, 15) is 19.2 Å². The highest BCUT2D eigenvalue weighted by Crippen LogP contribution is 2.35. The number of benzene rings is 3. The first kappa shape index (κ1) is 56.8. The number of carbonyl (C=O) groups is 4. The largest absolute Gasteiger partial charge is 0.494 e. The van der Waals surface area contributed by atoms with Crippen molar-refractivity contribution < 1.29 is 33.4 Å². The van der Waals surface area contributed by atoms with Crippen LogP contribution in [-0.4, -0.2) is 104 Å². The van der Waals surface area contributed by atoms with E-state index in [0.29, 0.717) is 95.2 Å². The van der Waals surface area contributed by atoms with E-state index in [0.717, 1.165) is 70.2 Å². The van der Waals surface area contributed by atoms with Crippen molar-refractivity contribution in [3.8, 4) is 27.7 Å².